The topological polar surface area (TPSA) is 150 Å². The fourth-order valence-electron chi connectivity index (χ4n) is 6.02. The second kappa shape index (κ2) is 13.6. The number of sulfonamides is 1. The Morgan fingerprint density at radius 1 is 1.12 bits per heavy atom. The molecule has 4 rings (SSSR count). The van der Waals surface area contributed by atoms with Gasteiger partial charge in [-0.2, -0.15) is 5.26 Å². The van der Waals surface area contributed by atoms with Crippen LogP contribution in [0.2, 0.25) is 0 Å². The van der Waals surface area contributed by atoms with E-state index in [1.165, 1.54) is 6.07 Å². The summed E-state index contributed by atoms with van der Waals surface area (Å²) in [5.41, 5.74) is 0.738. The molecule has 0 radical (unpaired) electrons. The summed E-state index contributed by atoms with van der Waals surface area (Å²) in [5.74, 6) is -0.477. The molecule has 0 spiro atoms. The zero-order chi connectivity index (χ0) is 29.6. The lowest BCUT2D eigenvalue weighted by molar-refractivity contribution is -0.134. The van der Waals surface area contributed by atoms with Gasteiger partial charge in [0.1, 0.15) is 11.9 Å². The molecule has 0 unspecified atom stereocenters. The summed E-state index contributed by atoms with van der Waals surface area (Å²) in [5, 5.41) is 9.89. The molecule has 224 valence electrons. The molecule has 1 saturated carbocycles. The van der Waals surface area contributed by atoms with Gasteiger partial charge in [0.25, 0.3) is 0 Å². The lowest BCUT2D eigenvalue weighted by Gasteiger charge is -2.33. The Kier molecular flexibility index (Phi) is 10.2. The molecule has 1 N–H and O–H groups in total. The van der Waals surface area contributed by atoms with E-state index in [4.69, 9.17) is 9.72 Å². The highest BCUT2D eigenvalue weighted by Crippen LogP contribution is 2.30. The normalized spacial score (nSPS) is 22.2. The number of likely N-dealkylation sites (tertiary alicyclic amines) is 1. The Hall–Kier alpha value is -3.20. The van der Waals surface area contributed by atoms with E-state index in [1.54, 1.807) is 11.8 Å². The van der Waals surface area contributed by atoms with Crippen LogP contribution in [0, 0.1) is 29.1 Å². The second-order valence-corrected chi connectivity index (χ2v) is 13.4. The Morgan fingerprint density at radius 3 is 2.46 bits per heavy atom. The number of carbonyl (C=O) groups excluding carboxylic acids is 3. The third-order valence-corrected chi connectivity index (χ3v) is 9.89. The standard InChI is InChI=1S/C29H41N5O6S/c1-3-40-29(37)24-16-23(17-30)27(31-25(24)18-34-13-5-4-6-26(34)35)33-14-11-22(12-15-33)28(36)32-41(38,39)19-21-9-7-20(2)8-10-21/h16,20-22H,3-15,18-19H2,1-2H3,(H,32,36). The van der Waals surface area contributed by atoms with Crippen LogP contribution in [0.3, 0.4) is 0 Å². The van der Waals surface area contributed by atoms with Gasteiger partial charge in [0.2, 0.25) is 21.8 Å². The predicted molar refractivity (Wildman–Crippen MR) is 152 cm³/mol. The van der Waals surface area contributed by atoms with Gasteiger partial charge >= 0.3 is 5.97 Å². The number of amides is 2. The van der Waals surface area contributed by atoms with Gasteiger partial charge in [-0.05, 0) is 63.4 Å². The zero-order valence-corrected chi connectivity index (χ0v) is 24.9. The molecule has 12 heteroatoms. The van der Waals surface area contributed by atoms with Crippen LogP contribution < -0.4 is 9.62 Å². The van der Waals surface area contributed by atoms with Crippen molar-refractivity contribution in [1.82, 2.24) is 14.6 Å². The molecule has 0 bridgehead atoms. The summed E-state index contributed by atoms with van der Waals surface area (Å²) in [7, 11) is -3.71. The number of hydrogen-bond donors (Lipinski definition) is 1. The van der Waals surface area contributed by atoms with Gasteiger partial charge in [-0.25, -0.2) is 18.2 Å². The summed E-state index contributed by atoms with van der Waals surface area (Å²) >= 11 is 0. The smallest absolute Gasteiger partial charge is 0.340 e. The first kappa shape index (κ1) is 30.8. The lowest BCUT2D eigenvalue weighted by Crippen LogP contribution is -2.44. The van der Waals surface area contributed by atoms with Crippen molar-refractivity contribution in [3.05, 3.63) is 22.9 Å². The first-order valence-electron chi connectivity index (χ1n) is 14.8. The van der Waals surface area contributed by atoms with Gasteiger partial charge in [-0.1, -0.05) is 19.8 Å². The summed E-state index contributed by atoms with van der Waals surface area (Å²) in [6.07, 6.45) is 6.71. The number of ether oxygens (including phenoxy) is 1. The molecule has 1 aliphatic carbocycles. The fourth-order valence-corrected chi connectivity index (χ4v) is 7.53. The van der Waals surface area contributed by atoms with Crippen LogP contribution in [0.1, 0.15) is 93.3 Å². The third kappa shape index (κ3) is 7.97. The maximum Gasteiger partial charge on any atom is 0.340 e. The van der Waals surface area contributed by atoms with E-state index in [9.17, 15) is 28.1 Å². The summed E-state index contributed by atoms with van der Waals surface area (Å²) < 4.78 is 32.9. The average Bonchev–Trinajstić information content (AvgIpc) is 2.95. The number of anilines is 1. The largest absolute Gasteiger partial charge is 0.462 e. The van der Waals surface area contributed by atoms with E-state index in [1.807, 2.05) is 4.90 Å². The number of nitrogens with one attached hydrogen (secondary N) is 1. The Labute approximate surface area is 242 Å². The van der Waals surface area contributed by atoms with E-state index < -0.39 is 27.8 Å². The van der Waals surface area contributed by atoms with Gasteiger partial charge < -0.3 is 14.5 Å². The number of esters is 1. The van der Waals surface area contributed by atoms with Crippen LogP contribution in [0.4, 0.5) is 5.82 Å². The van der Waals surface area contributed by atoms with Crippen LogP contribution in [-0.4, -0.2) is 68.1 Å². The maximum atomic E-state index is 12.9. The van der Waals surface area contributed by atoms with E-state index in [2.05, 4.69) is 17.7 Å². The van der Waals surface area contributed by atoms with Crippen LogP contribution in [0.15, 0.2) is 6.07 Å². The van der Waals surface area contributed by atoms with Crippen molar-refractivity contribution >= 4 is 33.6 Å². The van der Waals surface area contributed by atoms with Gasteiger partial charge in [-0.15, -0.1) is 0 Å². The molecule has 3 heterocycles. The number of pyridine rings is 1. The monoisotopic (exact) mass is 587 g/mol. The Morgan fingerprint density at radius 2 is 1.83 bits per heavy atom. The first-order chi connectivity index (χ1) is 19.6. The minimum absolute atomic E-state index is 0.00130. The molecular weight excluding hydrogens is 546 g/mol. The SMILES string of the molecule is CCOC(=O)c1cc(C#N)c(N2CCC(C(=O)NS(=O)(=O)CC3CCC(C)CC3)CC2)nc1CN1CCCCC1=O. The quantitative estimate of drug-likeness (QED) is 0.430. The first-order valence-corrected chi connectivity index (χ1v) is 16.4. The van der Waals surface area contributed by atoms with Crippen molar-refractivity contribution < 1.29 is 27.5 Å². The van der Waals surface area contributed by atoms with E-state index in [0.717, 1.165) is 38.5 Å². The minimum atomic E-state index is -3.71. The molecule has 41 heavy (non-hydrogen) atoms. The predicted octanol–water partition coefficient (Wildman–Crippen LogP) is 3.13. The molecule has 2 amide bonds. The molecule has 2 aliphatic heterocycles. The zero-order valence-electron chi connectivity index (χ0n) is 24.1. The van der Waals surface area contributed by atoms with Gasteiger partial charge in [0.05, 0.1) is 35.7 Å². The molecule has 11 nitrogen and oxygen atoms in total. The van der Waals surface area contributed by atoms with Gasteiger partial charge in [-0.3, -0.25) is 14.3 Å². The van der Waals surface area contributed by atoms with E-state index >= 15 is 0 Å². The van der Waals surface area contributed by atoms with E-state index in [0.29, 0.717) is 56.3 Å². The van der Waals surface area contributed by atoms with Crippen molar-refractivity contribution in [3.8, 4) is 6.07 Å². The van der Waals surface area contributed by atoms with Crippen molar-refractivity contribution in [2.24, 2.45) is 17.8 Å². The molecule has 0 aromatic carbocycles. The maximum absolute atomic E-state index is 12.9. The highest BCUT2D eigenvalue weighted by molar-refractivity contribution is 7.90. The molecule has 1 aromatic heterocycles. The van der Waals surface area contributed by atoms with Crippen LogP contribution in [0.25, 0.3) is 0 Å². The second-order valence-electron chi connectivity index (χ2n) is 11.6. The third-order valence-electron chi connectivity index (χ3n) is 8.47. The number of hydrogen-bond acceptors (Lipinski definition) is 9. The molecule has 3 fully saturated rings. The van der Waals surface area contributed by atoms with Crippen molar-refractivity contribution in [2.75, 3.05) is 36.9 Å². The number of rotatable bonds is 9. The van der Waals surface area contributed by atoms with E-state index in [-0.39, 0.29) is 41.9 Å². The summed E-state index contributed by atoms with van der Waals surface area (Å²) in [6, 6.07) is 3.60. The van der Waals surface area contributed by atoms with Gasteiger partial charge in [0, 0.05) is 32.0 Å². The molecule has 1 aromatic rings. The van der Waals surface area contributed by atoms with Crippen LogP contribution >= 0.6 is 0 Å². The summed E-state index contributed by atoms with van der Waals surface area (Å²) in [6.45, 7) is 5.53. The van der Waals surface area contributed by atoms with Crippen LogP contribution in [0.5, 0.6) is 0 Å². The van der Waals surface area contributed by atoms with Gasteiger partial charge in [0.15, 0.2) is 0 Å². The molecule has 2 saturated heterocycles. The number of carbonyl (C=O) groups is 3. The summed E-state index contributed by atoms with van der Waals surface area (Å²) in [4.78, 5) is 46.4. The minimum Gasteiger partial charge on any atom is -0.462 e. The van der Waals surface area contributed by atoms with Crippen molar-refractivity contribution in [3.63, 3.8) is 0 Å². The molecule has 0 atom stereocenters. The number of piperidine rings is 2. The number of nitrogens with zero attached hydrogens (tertiary/aromatic N) is 4. The fraction of sp³-hybridized carbons (Fsp3) is 0.690. The average molecular weight is 588 g/mol. The Bertz CT molecular complexity index is 1280. The number of nitriles is 1. The van der Waals surface area contributed by atoms with Crippen molar-refractivity contribution in [1.29, 1.82) is 5.26 Å². The molecule has 3 aliphatic rings. The Balaban J connectivity index is 1.44. The number of aromatic nitrogens is 1. The highest BCUT2D eigenvalue weighted by Gasteiger charge is 2.32. The lowest BCUT2D eigenvalue weighted by atomic mass is 9.84. The highest BCUT2D eigenvalue weighted by atomic mass is 32.2. The van der Waals surface area contributed by atoms with Crippen LogP contribution in [-0.2, 0) is 30.9 Å². The van der Waals surface area contributed by atoms with Crippen molar-refractivity contribution in [2.45, 2.75) is 78.2 Å². The molecular formula is C29H41N5O6S.